The molecule has 0 unspecified atom stereocenters. The van der Waals surface area contributed by atoms with Gasteiger partial charge in [0.05, 0.1) is 17.5 Å². The largest absolute Gasteiger partial charge is 0.397 e. The molecule has 0 atom stereocenters. The second kappa shape index (κ2) is 6.67. The average Bonchev–Trinajstić information content (AvgIpc) is 2.44. The lowest BCUT2D eigenvalue weighted by Crippen LogP contribution is -2.19. The number of nitrogen functional groups attached to an aromatic ring is 1. The fourth-order valence-electron chi connectivity index (χ4n) is 1.54. The Morgan fingerprint density at radius 1 is 1.20 bits per heavy atom. The van der Waals surface area contributed by atoms with Crippen LogP contribution in [0.15, 0.2) is 56.5 Å². The molecule has 0 heterocycles. The molecule has 102 valence electrons. The minimum Gasteiger partial charge on any atom is -0.397 e. The first-order valence-electron chi connectivity index (χ1n) is 5.71. The number of anilines is 1. The zero-order valence-corrected chi connectivity index (χ0v) is 13.5. The number of rotatable bonds is 3. The molecular formula is C14H11Br2N3O. The highest BCUT2D eigenvalue weighted by molar-refractivity contribution is 9.11. The van der Waals surface area contributed by atoms with Gasteiger partial charge >= 0.3 is 0 Å². The first-order chi connectivity index (χ1) is 9.58. The van der Waals surface area contributed by atoms with Crippen molar-refractivity contribution in [2.24, 2.45) is 5.10 Å². The van der Waals surface area contributed by atoms with Gasteiger partial charge < -0.3 is 5.73 Å². The van der Waals surface area contributed by atoms with Crippen molar-refractivity contribution in [2.45, 2.75) is 0 Å². The normalized spacial score (nSPS) is 10.7. The van der Waals surface area contributed by atoms with Crippen LogP contribution in [-0.2, 0) is 0 Å². The van der Waals surface area contributed by atoms with Crippen molar-refractivity contribution in [1.82, 2.24) is 5.43 Å². The SMILES string of the molecule is Nc1c(Br)cc(Br)cc1C(=O)NN=Cc1ccccc1. The van der Waals surface area contributed by atoms with Gasteiger partial charge in [0.15, 0.2) is 0 Å². The highest BCUT2D eigenvalue weighted by Crippen LogP contribution is 2.28. The van der Waals surface area contributed by atoms with E-state index in [1.54, 1.807) is 18.3 Å². The summed E-state index contributed by atoms with van der Waals surface area (Å²) in [7, 11) is 0. The van der Waals surface area contributed by atoms with Crippen molar-refractivity contribution in [2.75, 3.05) is 5.73 Å². The van der Waals surface area contributed by atoms with Gasteiger partial charge in [0, 0.05) is 8.95 Å². The van der Waals surface area contributed by atoms with E-state index in [4.69, 9.17) is 5.73 Å². The van der Waals surface area contributed by atoms with Gasteiger partial charge in [-0.05, 0) is 33.6 Å². The van der Waals surface area contributed by atoms with Crippen molar-refractivity contribution in [3.63, 3.8) is 0 Å². The van der Waals surface area contributed by atoms with Gasteiger partial charge in [0.2, 0.25) is 0 Å². The first-order valence-corrected chi connectivity index (χ1v) is 7.29. The first kappa shape index (κ1) is 14.7. The van der Waals surface area contributed by atoms with Crippen molar-refractivity contribution >= 4 is 49.7 Å². The van der Waals surface area contributed by atoms with E-state index in [0.717, 1.165) is 10.0 Å². The number of hydrogen-bond donors (Lipinski definition) is 2. The Labute approximate surface area is 133 Å². The molecule has 0 aliphatic rings. The third kappa shape index (κ3) is 3.68. The van der Waals surface area contributed by atoms with E-state index < -0.39 is 0 Å². The van der Waals surface area contributed by atoms with Gasteiger partial charge in [-0.2, -0.15) is 5.10 Å². The van der Waals surface area contributed by atoms with Crippen molar-refractivity contribution in [3.05, 3.63) is 62.5 Å². The molecule has 0 saturated heterocycles. The smallest absolute Gasteiger partial charge is 0.273 e. The number of hydrogen-bond acceptors (Lipinski definition) is 3. The minimum absolute atomic E-state index is 0.358. The standard InChI is InChI=1S/C14H11Br2N3O/c15-10-6-11(13(17)12(16)7-10)14(20)19-18-8-9-4-2-1-3-5-9/h1-8H,17H2,(H,19,20). The lowest BCUT2D eigenvalue weighted by atomic mass is 10.2. The Balaban J connectivity index is 2.11. The fourth-order valence-corrected chi connectivity index (χ4v) is 2.76. The predicted molar refractivity (Wildman–Crippen MR) is 87.8 cm³/mol. The molecular weight excluding hydrogens is 386 g/mol. The van der Waals surface area contributed by atoms with Crippen LogP contribution in [0.25, 0.3) is 0 Å². The maximum atomic E-state index is 12.0. The second-order valence-electron chi connectivity index (χ2n) is 3.96. The summed E-state index contributed by atoms with van der Waals surface area (Å²) in [5.41, 5.74) is 9.94. The molecule has 0 radical (unpaired) electrons. The van der Waals surface area contributed by atoms with Crippen molar-refractivity contribution in [3.8, 4) is 0 Å². The van der Waals surface area contributed by atoms with Gasteiger partial charge in [-0.1, -0.05) is 46.3 Å². The van der Waals surface area contributed by atoms with E-state index in [1.165, 1.54) is 0 Å². The molecule has 0 fully saturated rings. The second-order valence-corrected chi connectivity index (χ2v) is 5.73. The van der Waals surface area contributed by atoms with E-state index in [9.17, 15) is 4.79 Å². The van der Waals surface area contributed by atoms with Crippen LogP contribution in [0.1, 0.15) is 15.9 Å². The lowest BCUT2D eigenvalue weighted by Gasteiger charge is -2.06. The molecule has 2 rings (SSSR count). The molecule has 0 saturated carbocycles. The van der Waals surface area contributed by atoms with Gasteiger partial charge in [-0.15, -0.1) is 0 Å². The maximum Gasteiger partial charge on any atom is 0.273 e. The van der Waals surface area contributed by atoms with Gasteiger partial charge in [0.1, 0.15) is 0 Å². The molecule has 2 aromatic rings. The number of nitrogens with two attached hydrogens (primary N) is 1. The Bertz CT molecular complexity index is 657. The summed E-state index contributed by atoms with van der Waals surface area (Å²) in [5, 5.41) is 3.91. The summed E-state index contributed by atoms with van der Waals surface area (Å²) in [6.07, 6.45) is 1.57. The zero-order valence-electron chi connectivity index (χ0n) is 10.3. The fraction of sp³-hybridized carbons (Fsp3) is 0. The summed E-state index contributed by atoms with van der Waals surface area (Å²) in [5.74, 6) is -0.364. The molecule has 3 N–H and O–H groups in total. The molecule has 0 aliphatic heterocycles. The number of nitrogens with zero attached hydrogens (tertiary/aromatic N) is 1. The summed E-state index contributed by atoms with van der Waals surface area (Å²) >= 11 is 6.61. The maximum absolute atomic E-state index is 12.0. The molecule has 1 amide bonds. The molecule has 20 heavy (non-hydrogen) atoms. The van der Waals surface area contributed by atoms with Crippen LogP contribution >= 0.6 is 31.9 Å². The van der Waals surface area contributed by atoms with Crippen LogP contribution in [0.5, 0.6) is 0 Å². The molecule has 0 aromatic heterocycles. The van der Waals surface area contributed by atoms with Crippen LogP contribution in [-0.4, -0.2) is 12.1 Å². The van der Waals surface area contributed by atoms with Crippen LogP contribution in [0.2, 0.25) is 0 Å². The van der Waals surface area contributed by atoms with Gasteiger partial charge in [-0.25, -0.2) is 5.43 Å². The number of amides is 1. The van der Waals surface area contributed by atoms with Crippen LogP contribution < -0.4 is 11.2 Å². The van der Waals surface area contributed by atoms with Crippen molar-refractivity contribution in [1.29, 1.82) is 0 Å². The molecule has 6 heteroatoms. The number of carbonyl (C=O) groups is 1. The van der Waals surface area contributed by atoms with Crippen LogP contribution in [0.4, 0.5) is 5.69 Å². The van der Waals surface area contributed by atoms with E-state index in [1.807, 2.05) is 30.3 Å². The van der Waals surface area contributed by atoms with Gasteiger partial charge in [0.25, 0.3) is 5.91 Å². The van der Waals surface area contributed by atoms with E-state index in [2.05, 4.69) is 42.4 Å². The number of benzene rings is 2. The molecule has 0 bridgehead atoms. The number of hydrazone groups is 1. The van der Waals surface area contributed by atoms with Crippen LogP contribution in [0, 0.1) is 0 Å². The Hall–Kier alpha value is -1.66. The summed E-state index contributed by atoms with van der Waals surface area (Å²) in [4.78, 5) is 12.0. The molecule has 2 aromatic carbocycles. The number of nitrogens with one attached hydrogen (secondary N) is 1. The average molecular weight is 397 g/mol. The topological polar surface area (TPSA) is 67.5 Å². The van der Waals surface area contributed by atoms with Crippen LogP contribution in [0.3, 0.4) is 0 Å². The summed E-state index contributed by atoms with van der Waals surface area (Å²) < 4.78 is 1.42. The summed E-state index contributed by atoms with van der Waals surface area (Å²) in [6.45, 7) is 0. The summed E-state index contributed by atoms with van der Waals surface area (Å²) in [6, 6.07) is 12.9. The van der Waals surface area contributed by atoms with E-state index >= 15 is 0 Å². The molecule has 0 spiro atoms. The monoisotopic (exact) mass is 395 g/mol. The Kier molecular flexibility index (Phi) is 4.92. The molecule has 4 nitrogen and oxygen atoms in total. The molecule has 0 aliphatic carbocycles. The zero-order chi connectivity index (χ0) is 14.5. The Morgan fingerprint density at radius 2 is 1.90 bits per heavy atom. The van der Waals surface area contributed by atoms with E-state index in [0.29, 0.717) is 15.7 Å². The highest BCUT2D eigenvalue weighted by atomic mass is 79.9. The Morgan fingerprint density at radius 3 is 2.60 bits per heavy atom. The third-order valence-electron chi connectivity index (χ3n) is 2.52. The predicted octanol–water partition coefficient (Wildman–Crippen LogP) is 3.56. The van der Waals surface area contributed by atoms with Crippen molar-refractivity contribution < 1.29 is 4.79 Å². The number of halogens is 2. The van der Waals surface area contributed by atoms with E-state index in [-0.39, 0.29) is 5.91 Å². The minimum atomic E-state index is -0.364. The van der Waals surface area contributed by atoms with Gasteiger partial charge in [-0.3, -0.25) is 4.79 Å². The third-order valence-corrected chi connectivity index (χ3v) is 3.63. The lowest BCUT2D eigenvalue weighted by molar-refractivity contribution is 0.0956. The quantitative estimate of drug-likeness (QED) is 0.473. The highest BCUT2D eigenvalue weighted by Gasteiger charge is 2.12. The number of carbonyl (C=O) groups excluding carboxylic acids is 1.